The molecule has 1 aromatic heterocycles. The zero-order valence-corrected chi connectivity index (χ0v) is 19.9. The third-order valence-corrected chi connectivity index (χ3v) is 6.44. The number of likely N-dealkylation sites (tertiary alicyclic amines) is 1. The van der Waals surface area contributed by atoms with Crippen molar-refractivity contribution >= 4 is 22.9 Å². The first-order valence-electron chi connectivity index (χ1n) is 11.5. The van der Waals surface area contributed by atoms with Crippen LogP contribution in [-0.2, 0) is 16.0 Å². The first-order chi connectivity index (χ1) is 16.9. The second kappa shape index (κ2) is 10.9. The maximum absolute atomic E-state index is 13.9. The van der Waals surface area contributed by atoms with Crippen LogP contribution in [0, 0.1) is 11.6 Å². The van der Waals surface area contributed by atoms with E-state index in [4.69, 9.17) is 9.47 Å². The molecule has 1 aliphatic rings. The second-order valence-electron chi connectivity index (χ2n) is 8.66. The lowest BCUT2D eigenvalue weighted by atomic mass is 9.98. The van der Waals surface area contributed by atoms with Crippen molar-refractivity contribution in [2.24, 2.45) is 0 Å². The molecule has 0 radical (unpaired) electrons. The SMILES string of the molecule is COC(=O)C1(NCCc2ccnc3ccc(OC)cc23)CCN(CC=Cc2cc(F)ccc2F)C1. The Morgan fingerprint density at radius 2 is 2.06 bits per heavy atom. The summed E-state index contributed by atoms with van der Waals surface area (Å²) in [5.41, 5.74) is 1.37. The normalized spacial score (nSPS) is 18.4. The molecule has 1 saturated heterocycles. The minimum absolute atomic E-state index is 0.197. The van der Waals surface area contributed by atoms with Crippen LogP contribution in [0.2, 0.25) is 0 Å². The average Bonchev–Trinajstić information content (AvgIpc) is 3.29. The van der Waals surface area contributed by atoms with Crippen molar-refractivity contribution in [2.75, 3.05) is 40.4 Å². The van der Waals surface area contributed by atoms with Gasteiger partial charge in [-0.2, -0.15) is 0 Å². The van der Waals surface area contributed by atoms with Crippen LogP contribution in [0.25, 0.3) is 17.0 Å². The second-order valence-corrected chi connectivity index (χ2v) is 8.66. The van der Waals surface area contributed by atoms with Crippen LogP contribution >= 0.6 is 0 Å². The van der Waals surface area contributed by atoms with E-state index in [1.165, 1.54) is 7.11 Å². The molecule has 35 heavy (non-hydrogen) atoms. The van der Waals surface area contributed by atoms with Gasteiger partial charge in [0.25, 0.3) is 0 Å². The summed E-state index contributed by atoms with van der Waals surface area (Å²) in [5.74, 6) is -0.498. The quantitative estimate of drug-likeness (QED) is 0.467. The van der Waals surface area contributed by atoms with Gasteiger partial charge in [-0.1, -0.05) is 12.2 Å². The minimum Gasteiger partial charge on any atom is -0.497 e. The van der Waals surface area contributed by atoms with Gasteiger partial charge < -0.3 is 14.8 Å². The number of esters is 1. The Labute approximate surface area is 203 Å². The number of ether oxygens (including phenoxy) is 2. The minimum atomic E-state index is -0.826. The standard InChI is InChI=1S/C27H29F2N3O3/c1-34-22-6-8-25-23(17-22)19(9-12-30-25)10-13-31-27(26(33)35-2)11-15-32(18-27)14-3-4-20-16-21(28)5-7-24(20)29/h3-9,12,16-17,31H,10-11,13-15,18H2,1-2H3. The number of aromatic nitrogens is 1. The van der Waals surface area contributed by atoms with Gasteiger partial charge in [-0.15, -0.1) is 0 Å². The molecule has 1 aliphatic heterocycles. The van der Waals surface area contributed by atoms with E-state index in [0.29, 0.717) is 39.0 Å². The highest BCUT2D eigenvalue weighted by molar-refractivity contribution is 5.84. The molecule has 1 fully saturated rings. The first kappa shape index (κ1) is 24.8. The van der Waals surface area contributed by atoms with E-state index in [0.717, 1.165) is 40.4 Å². The van der Waals surface area contributed by atoms with Gasteiger partial charge in [-0.05, 0) is 60.9 Å². The molecule has 8 heteroatoms. The smallest absolute Gasteiger partial charge is 0.327 e. The van der Waals surface area contributed by atoms with Crippen molar-refractivity contribution in [1.82, 2.24) is 15.2 Å². The zero-order chi connectivity index (χ0) is 24.8. The van der Waals surface area contributed by atoms with Gasteiger partial charge in [0.1, 0.15) is 22.9 Å². The van der Waals surface area contributed by atoms with Crippen LogP contribution in [0.3, 0.4) is 0 Å². The molecule has 0 bridgehead atoms. The highest BCUT2D eigenvalue weighted by Gasteiger charge is 2.44. The third-order valence-electron chi connectivity index (χ3n) is 6.44. The van der Waals surface area contributed by atoms with Crippen LogP contribution < -0.4 is 10.1 Å². The van der Waals surface area contributed by atoms with Crippen LogP contribution in [0.15, 0.2) is 54.7 Å². The van der Waals surface area contributed by atoms with Gasteiger partial charge >= 0.3 is 5.97 Å². The van der Waals surface area contributed by atoms with Crippen molar-refractivity contribution < 1.29 is 23.0 Å². The number of carbonyl (C=O) groups is 1. The Morgan fingerprint density at radius 1 is 1.20 bits per heavy atom. The molecule has 0 spiro atoms. The number of methoxy groups -OCH3 is 2. The zero-order valence-electron chi connectivity index (χ0n) is 19.9. The maximum atomic E-state index is 13.9. The van der Waals surface area contributed by atoms with Crippen LogP contribution in [0.4, 0.5) is 8.78 Å². The number of halogens is 2. The predicted molar refractivity (Wildman–Crippen MR) is 131 cm³/mol. The number of rotatable bonds is 9. The fraction of sp³-hybridized carbons (Fsp3) is 0.333. The Balaban J connectivity index is 1.41. The fourth-order valence-corrected chi connectivity index (χ4v) is 4.56. The number of fused-ring (bicyclic) bond motifs is 1. The number of nitrogens with zero attached hydrogens (tertiary/aromatic N) is 2. The predicted octanol–water partition coefficient (Wildman–Crippen LogP) is 3.98. The molecule has 1 unspecified atom stereocenters. The summed E-state index contributed by atoms with van der Waals surface area (Å²) in [6, 6.07) is 11.1. The van der Waals surface area contributed by atoms with Gasteiger partial charge in [0, 0.05) is 43.3 Å². The van der Waals surface area contributed by atoms with Gasteiger partial charge in [0.2, 0.25) is 0 Å². The van der Waals surface area contributed by atoms with Gasteiger partial charge in [-0.3, -0.25) is 14.7 Å². The molecule has 2 aromatic carbocycles. The molecule has 3 aromatic rings. The van der Waals surface area contributed by atoms with Crippen molar-refractivity contribution in [3.63, 3.8) is 0 Å². The summed E-state index contributed by atoms with van der Waals surface area (Å²) in [7, 11) is 3.03. The molecule has 184 valence electrons. The topological polar surface area (TPSA) is 63.7 Å². The average molecular weight is 482 g/mol. The summed E-state index contributed by atoms with van der Waals surface area (Å²) in [4.78, 5) is 19.3. The summed E-state index contributed by atoms with van der Waals surface area (Å²) in [6.07, 6.45) is 6.41. The van der Waals surface area contributed by atoms with E-state index >= 15 is 0 Å². The van der Waals surface area contributed by atoms with Gasteiger partial charge in [0.15, 0.2) is 0 Å². The number of carbonyl (C=O) groups excluding carboxylic acids is 1. The molecule has 0 aliphatic carbocycles. The number of nitrogens with one attached hydrogen (secondary N) is 1. The Morgan fingerprint density at radius 3 is 2.86 bits per heavy atom. The number of benzene rings is 2. The van der Waals surface area contributed by atoms with Crippen LogP contribution in [-0.4, -0.2) is 61.8 Å². The van der Waals surface area contributed by atoms with Crippen molar-refractivity contribution in [1.29, 1.82) is 0 Å². The monoisotopic (exact) mass is 481 g/mol. The molecule has 2 heterocycles. The summed E-state index contributed by atoms with van der Waals surface area (Å²) < 4.78 is 37.7. The Bertz CT molecular complexity index is 1230. The fourth-order valence-electron chi connectivity index (χ4n) is 4.56. The lowest BCUT2D eigenvalue weighted by molar-refractivity contribution is -0.148. The molecule has 0 amide bonds. The lowest BCUT2D eigenvalue weighted by Crippen LogP contribution is -2.55. The van der Waals surface area contributed by atoms with E-state index < -0.39 is 17.2 Å². The van der Waals surface area contributed by atoms with Crippen LogP contribution in [0.1, 0.15) is 17.5 Å². The molecule has 1 atom stereocenters. The molecular formula is C27H29F2N3O3. The van der Waals surface area contributed by atoms with Gasteiger partial charge in [-0.25, -0.2) is 8.78 Å². The highest BCUT2D eigenvalue weighted by Crippen LogP contribution is 2.25. The van der Waals surface area contributed by atoms with Crippen LogP contribution in [0.5, 0.6) is 5.75 Å². The van der Waals surface area contributed by atoms with Crippen molar-refractivity contribution in [2.45, 2.75) is 18.4 Å². The Kier molecular flexibility index (Phi) is 7.73. The molecule has 1 N–H and O–H groups in total. The van der Waals surface area contributed by atoms with Crippen molar-refractivity contribution in [3.8, 4) is 5.75 Å². The van der Waals surface area contributed by atoms with E-state index in [9.17, 15) is 13.6 Å². The van der Waals surface area contributed by atoms with Crippen molar-refractivity contribution in [3.05, 3.63) is 77.5 Å². The van der Waals surface area contributed by atoms with E-state index in [-0.39, 0.29) is 11.5 Å². The molecular weight excluding hydrogens is 452 g/mol. The maximum Gasteiger partial charge on any atom is 0.327 e. The summed E-state index contributed by atoms with van der Waals surface area (Å²) >= 11 is 0. The lowest BCUT2D eigenvalue weighted by Gasteiger charge is -2.28. The largest absolute Gasteiger partial charge is 0.497 e. The molecule has 4 rings (SSSR count). The molecule has 6 nitrogen and oxygen atoms in total. The number of pyridine rings is 1. The van der Waals surface area contributed by atoms with E-state index in [1.54, 1.807) is 25.5 Å². The van der Waals surface area contributed by atoms with E-state index in [2.05, 4.69) is 15.2 Å². The summed E-state index contributed by atoms with van der Waals surface area (Å²) in [6.45, 7) is 2.21. The van der Waals surface area contributed by atoms with Gasteiger partial charge in [0.05, 0.1) is 19.7 Å². The number of hydrogen-bond donors (Lipinski definition) is 1. The Hall–Kier alpha value is -3.36. The number of hydrogen-bond acceptors (Lipinski definition) is 6. The molecule has 0 saturated carbocycles. The highest BCUT2D eigenvalue weighted by atomic mass is 19.1. The van der Waals surface area contributed by atoms with E-state index in [1.807, 2.05) is 24.3 Å². The third kappa shape index (κ3) is 5.66. The first-order valence-corrected chi connectivity index (χ1v) is 11.5. The summed E-state index contributed by atoms with van der Waals surface area (Å²) in [5, 5.41) is 4.46.